The lowest BCUT2D eigenvalue weighted by Gasteiger charge is -2.31. The van der Waals surface area contributed by atoms with Crippen LogP contribution >= 0.6 is 0 Å². The molecule has 0 unspecified atom stereocenters. The highest BCUT2D eigenvalue weighted by atomic mass is 32.3. The number of urea groups is 1. The van der Waals surface area contributed by atoms with Crippen molar-refractivity contribution in [3.8, 4) is 5.75 Å². The minimum absolute atomic E-state index is 0.112. The molecule has 2 bridgehead atoms. The van der Waals surface area contributed by atoms with Crippen molar-refractivity contribution in [3.63, 3.8) is 0 Å². The van der Waals surface area contributed by atoms with Crippen LogP contribution in [0.15, 0.2) is 18.2 Å². The van der Waals surface area contributed by atoms with Gasteiger partial charge < -0.3 is 14.7 Å². The summed E-state index contributed by atoms with van der Waals surface area (Å²) in [6, 6.07) is 1.23. The summed E-state index contributed by atoms with van der Waals surface area (Å²) in [5.41, 5.74) is 0.455. The average molecular weight is 344 g/mol. The minimum atomic E-state index is -4.96. The smallest absolute Gasteiger partial charge is 0.418 e. The summed E-state index contributed by atoms with van der Waals surface area (Å²) in [5, 5.41) is 10.5. The number of hydrogen-bond donors (Lipinski definition) is 2. The molecule has 124 valence electrons. The molecule has 1 fully saturated rings. The van der Waals surface area contributed by atoms with Crippen LogP contribution in [0.25, 0.3) is 0 Å². The first-order valence-corrected chi connectivity index (χ1v) is 7.77. The lowest BCUT2D eigenvalue weighted by atomic mass is 9.90. The largest absolute Gasteiger partial charge is 0.508 e. The van der Waals surface area contributed by atoms with E-state index in [1.54, 1.807) is 0 Å². The van der Waals surface area contributed by atoms with Crippen molar-refractivity contribution in [2.24, 2.45) is 0 Å². The highest BCUT2D eigenvalue weighted by Gasteiger charge is 2.53. The molecule has 0 spiro atoms. The Kier molecular flexibility index (Phi) is 3.43. The van der Waals surface area contributed by atoms with E-state index in [0.29, 0.717) is 10.6 Å². The van der Waals surface area contributed by atoms with Crippen molar-refractivity contribution < 1.29 is 36.7 Å². The zero-order chi connectivity index (χ0) is 16.9. The number of hydroxylamine groups is 2. The van der Waals surface area contributed by atoms with Gasteiger partial charge in [-0.2, -0.15) is 13.5 Å². The molecule has 2 N–H and O–H groups in total. The fraction of sp³-hybridized carbons (Fsp3) is 0.333. The van der Waals surface area contributed by atoms with Gasteiger partial charge in [0.25, 0.3) is 0 Å². The Morgan fingerprint density at radius 2 is 2.09 bits per heavy atom. The van der Waals surface area contributed by atoms with Gasteiger partial charge in [-0.05, 0) is 11.6 Å². The standard InChI is InChI=1S/C12H12N2O8S/c1-21-11(16)10-6-3-2-4-8(15)9(6)7-5-13(10)12(17)14(7)22-23(18,19)20/h2-4,7,10,15H,5H2,1H3,(H,18,19,20)/t7-,10+/m0/s1. The number of phenols is 1. The van der Waals surface area contributed by atoms with E-state index in [1.807, 2.05) is 0 Å². The number of rotatable bonds is 3. The molecule has 0 aromatic heterocycles. The molecule has 0 saturated carbocycles. The van der Waals surface area contributed by atoms with Gasteiger partial charge in [-0.3, -0.25) is 4.55 Å². The zero-order valence-corrected chi connectivity index (χ0v) is 12.6. The summed E-state index contributed by atoms with van der Waals surface area (Å²) in [6.45, 7) is -0.112. The Bertz CT molecular complexity index is 792. The van der Waals surface area contributed by atoms with Crippen LogP contribution in [0.3, 0.4) is 0 Å². The molecule has 0 radical (unpaired) electrons. The third-order valence-corrected chi connectivity index (χ3v) is 4.09. The van der Waals surface area contributed by atoms with Gasteiger partial charge in [0.1, 0.15) is 11.8 Å². The first kappa shape index (κ1) is 15.5. The Morgan fingerprint density at radius 3 is 2.70 bits per heavy atom. The van der Waals surface area contributed by atoms with Crippen LogP contribution in [-0.4, -0.2) is 53.7 Å². The van der Waals surface area contributed by atoms with Gasteiger partial charge in [-0.1, -0.05) is 12.1 Å². The van der Waals surface area contributed by atoms with Crippen LogP contribution in [0.5, 0.6) is 5.75 Å². The third-order valence-electron chi connectivity index (χ3n) is 3.74. The highest BCUT2D eigenvalue weighted by Crippen LogP contribution is 2.47. The molecule has 23 heavy (non-hydrogen) atoms. The van der Waals surface area contributed by atoms with Crippen molar-refractivity contribution in [3.05, 3.63) is 29.3 Å². The average Bonchev–Trinajstić information content (AvgIpc) is 2.72. The van der Waals surface area contributed by atoms with E-state index in [4.69, 9.17) is 4.55 Å². The monoisotopic (exact) mass is 344 g/mol. The highest BCUT2D eigenvalue weighted by molar-refractivity contribution is 7.80. The number of ether oxygens (including phenoxy) is 1. The second-order valence-corrected chi connectivity index (χ2v) is 5.99. The SMILES string of the molecule is COC(=O)[C@H]1c2cccc(O)c2[C@@H]2CN1C(=O)N2OS(=O)(=O)O. The Labute approximate surface area is 130 Å². The normalized spacial score (nSPS) is 23.0. The number of esters is 1. The van der Waals surface area contributed by atoms with Gasteiger partial charge in [0, 0.05) is 5.56 Å². The van der Waals surface area contributed by atoms with Crippen LogP contribution in [0.1, 0.15) is 23.2 Å². The molecule has 2 aliphatic rings. The first-order valence-electron chi connectivity index (χ1n) is 6.41. The molecule has 2 heterocycles. The zero-order valence-electron chi connectivity index (χ0n) is 11.7. The fourth-order valence-electron chi connectivity index (χ4n) is 2.91. The van der Waals surface area contributed by atoms with Gasteiger partial charge >= 0.3 is 22.4 Å². The number of methoxy groups -OCH3 is 1. The second-order valence-electron chi connectivity index (χ2n) is 4.98. The summed E-state index contributed by atoms with van der Waals surface area (Å²) in [5.74, 6) is -0.989. The van der Waals surface area contributed by atoms with Crippen molar-refractivity contribution in [1.29, 1.82) is 0 Å². The van der Waals surface area contributed by atoms with Gasteiger partial charge in [-0.25, -0.2) is 9.59 Å². The summed E-state index contributed by atoms with van der Waals surface area (Å²) in [4.78, 5) is 25.4. The maximum Gasteiger partial charge on any atom is 0.418 e. The maximum atomic E-state index is 12.3. The number of benzene rings is 1. The van der Waals surface area contributed by atoms with Crippen LogP contribution in [0, 0.1) is 0 Å². The number of carbonyl (C=O) groups excluding carboxylic acids is 2. The van der Waals surface area contributed by atoms with Gasteiger partial charge in [0.2, 0.25) is 0 Å². The molecular weight excluding hydrogens is 332 g/mol. The summed E-state index contributed by atoms with van der Waals surface area (Å²) in [6.07, 6.45) is 0. The van der Waals surface area contributed by atoms with Crippen molar-refractivity contribution in [2.45, 2.75) is 12.1 Å². The minimum Gasteiger partial charge on any atom is -0.508 e. The quantitative estimate of drug-likeness (QED) is 0.584. The number of fused-ring (bicyclic) bond motifs is 4. The van der Waals surface area contributed by atoms with Gasteiger partial charge in [0.15, 0.2) is 6.04 Å². The molecule has 2 aliphatic heterocycles. The lowest BCUT2D eigenvalue weighted by Crippen LogP contribution is -2.39. The predicted molar refractivity (Wildman–Crippen MR) is 72.2 cm³/mol. The number of amides is 2. The van der Waals surface area contributed by atoms with Gasteiger partial charge in [0.05, 0.1) is 13.7 Å². The molecule has 3 rings (SSSR count). The topological polar surface area (TPSA) is 134 Å². The van der Waals surface area contributed by atoms with Crippen LogP contribution in [0.2, 0.25) is 0 Å². The van der Waals surface area contributed by atoms with E-state index in [0.717, 1.165) is 12.0 Å². The molecule has 2 atom stereocenters. The molecule has 1 aromatic carbocycles. The lowest BCUT2D eigenvalue weighted by molar-refractivity contribution is -0.146. The molecule has 1 saturated heterocycles. The van der Waals surface area contributed by atoms with Crippen LogP contribution < -0.4 is 0 Å². The number of nitrogens with zero attached hydrogens (tertiary/aromatic N) is 2. The van der Waals surface area contributed by atoms with E-state index in [1.165, 1.54) is 18.2 Å². The van der Waals surface area contributed by atoms with E-state index < -0.39 is 34.5 Å². The molecule has 0 aliphatic carbocycles. The molecule has 2 amide bonds. The van der Waals surface area contributed by atoms with E-state index in [9.17, 15) is 23.1 Å². The van der Waals surface area contributed by atoms with Crippen molar-refractivity contribution in [2.75, 3.05) is 13.7 Å². The fourth-order valence-corrected chi connectivity index (χ4v) is 3.28. The molecule has 11 heteroatoms. The second kappa shape index (κ2) is 5.08. The van der Waals surface area contributed by atoms with E-state index >= 15 is 0 Å². The number of aromatic hydroxyl groups is 1. The summed E-state index contributed by atoms with van der Waals surface area (Å²) >= 11 is 0. The van der Waals surface area contributed by atoms with Crippen molar-refractivity contribution >= 4 is 22.4 Å². The summed E-state index contributed by atoms with van der Waals surface area (Å²) < 4.78 is 39.7. The Hall–Kier alpha value is -2.37. The Balaban J connectivity index is 2.16. The van der Waals surface area contributed by atoms with E-state index in [2.05, 4.69) is 9.02 Å². The van der Waals surface area contributed by atoms with E-state index in [-0.39, 0.29) is 17.9 Å². The Morgan fingerprint density at radius 1 is 1.39 bits per heavy atom. The van der Waals surface area contributed by atoms with Crippen LogP contribution in [-0.2, 0) is 24.2 Å². The number of phenolic OH excluding ortho intramolecular Hbond substituents is 1. The van der Waals surface area contributed by atoms with Gasteiger partial charge in [-0.15, -0.1) is 4.28 Å². The molecule has 1 aromatic rings. The number of hydrogen-bond acceptors (Lipinski definition) is 7. The molecule has 10 nitrogen and oxygen atoms in total. The summed E-state index contributed by atoms with van der Waals surface area (Å²) in [7, 11) is -3.81. The maximum absolute atomic E-state index is 12.3. The molecular formula is C12H12N2O8S. The number of carbonyl (C=O) groups is 2. The van der Waals surface area contributed by atoms with Crippen molar-refractivity contribution in [1.82, 2.24) is 9.96 Å². The predicted octanol–water partition coefficient (Wildman–Crippen LogP) is 0.133. The first-order chi connectivity index (χ1) is 10.7. The van der Waals surface area contributed by atoms with Crippen LogP contribution in [0.4, 0.5) is 4.79 Å². The third kappa shape index (κ3) is 2.38.